The monoisotopic (exact) mass is 323 g/mol. The second kappa shape index (κ2) is 5.85. The fourth-order valence-electron chi connectivity index (χ4n) is 3.06. The van der Waals surface area contributed by atoms with Gasteiger partial charge in [0.1, 0.15) is 0 Å². The van der Waals surface area contributed by atoms with Gasteiger partial charge in [0.15, 0.2) is 0 Å². The van der Waals surface area contributed by atoms with Crippen LogP contribution in [0.3, 0.4) is 0 Å². The topological polar surface area (TPSA) is 47.5 Å². The third-order valence-electron chi connectivity index (χ3n) is 5.40. The van der Waals surface area contributed by atoms with Crippen LogP contribution in [0.2, 0.25) is 5.82 Å². The molecule has 3 rings (SSSR count). The molecule has 2 aliphatic heterocycles. The molecule has 0 aromatic carbocycles. The summed E-state index contributed by atoms with van der Waals surface area (Å²) in [6.07, 6.45) is 2.25. The van der Waals surface area contributed by atoms with E-state index in [0.717, 1.165) is 38.2 Å². The van der Waals surface area contributed by atoms with Gasteiger partial charge in [0.2, 0.25) is 0 Å². The summed E-state index contributed by atoms with van der Waals surface area (Å²) in [5.41, 5.74) is 0.624. The van der Waals surface area contributed by atoms with E-state index in [-0.39, 0.29) is 18.3 Å². The summed E-state index contributed by atoms with van der Waals surface area (Å²) < 4.78 is 16.4. The van der Waals surface area contributed by atoms with Crippen molar-refractivity contribution >= 4 is 18.7 Å². The van der Waals surface area contributed by atoms with E-state index in [2.05, 4.69) is 42.2 Å². The van der Waals surface area contributed by atoms with Crippen LogP contribution >= 0.6 is 11.5 Å². The van der Waals surface area contributed by atoms with Gasteiger partial charge in [-0.3, -0.25) is 4.90 Å². The van der Waals surface area contributed by atoms with E-state index in [9.17, 15) is 0 Å². The maximum atomic E-state index is 6.21. The first-order chi connectivity index (χ1) is 10.3. The number of rotatable bonds is 3. The molecule has 0 spiro atoms. The lowest BCUT2D eigenvalue weighted by Gasteiger charge is -2.32. The van der Waals surface area contributed by atoms with Gasteiger partial charge in [-0.2, -0.15) is 0 Å². The Bertz CT molecular complexity index is 511. The first kappa shape index (κ1) is 16.4. The molecule has 122 valence electrons. The van der Waals surface area contributed by atoms with Crippen molar-refractivity contribution in [3.8, 4) is 0 Å². The van der Waals surface area contributed by atoms with E-state index in [0.29, 0.717) is 5.82 Å². The first-order valence-corrected chi connectivity index (χ1v) is 8.92. The number of aromatic nitrogens is 2. The average Bonchev–Trinajstić information content (AvgIpc) is 2.92. The van der Waals surface area contributed by atoms with Crippen LogP contribution in [0.4, 0.5) is 0 Å². The van der Waals surface area contributed by atoms with Crippen LogP contribution in [-0.2, 0) is 15.9 Å². The van der Waals surface area contributed by atoms with Crippen molar-refractivity contribution < 1.29 is 9.31 Å². The predicted octanol–water partition coefficient (Wildman–Crippen LogP) is 2.90. The van der Waals surface area contributed by atoms with Crippen molar-refractivity contribution in [3.63, 3.8) is 0 Å². The number of aryl methyl sites for hydroxylation is 1. The summed E-state index contributed by atoms with van der Waals surface area (Å²) in [5, 5.41) is 4.09. The van der Waals surface area contributed by atoms with Gasteiger partial charge in [0, 0.05) is 6.54 Å². The Hall–Kier alpha value is -0.495. The van der Waals surface area contributed by atoms with Gasteiger partial charge in [-0.05, 0) is 77.9 Å². The average molecular weight is 323 g/mol. The molecule has 2 fully saturated rings. The molecule has 1 aromatic rings. The van der Waals surface area contributed by atoms with Gasteiger partial charge in [0.25, 0.3) is 0 Å². The zero-order chi connectivity index (χ0) is 16.0. The standard InChI is InChI=1S/C15H26BN3O2S/c1-11-13(22-18-17-11)10-19-8-6-12(7-9-19)16-20-14(2,3)15(4,5)21-16/h12H,6-10H2,1-5H3. The summed E-state index contributed by atoms with van der Waals surface area (Å²) in [6, 6.07) is 0. The molecule has 0 saturated carbocycles. The van der Waals surface area contributed by atoms with Gasteiger partial charge in [-0.25, -0.2) is 0 Å². The minimum Gasteiger partial charge on any atom is -0.403 e. The highest BCUT2D eigenvalue weighted by Crippen LogP contribution is 2.42. The fraction of sp³-hybridized carbons (Fsp3) is 0.867. The maximum Gasteiger partial charge on any atom is 0.461 e. The van der Waals surface area contributed by atoms with Gasteiger partial charge >= 0.3 is 7.12 Å². The van der Waals surface area contributed by atoms with E-state index >= 15 is 0 Å². The van der Waals surface area contributed by atoms with E-state index < -0.39 is 0 Å². The second-order valence-electron chi connectivity index (χ2n) is 7.52. The highest BCUT2D eigenvalue weighted by atomic mass is 32.1. The maximum absolute atomic E-state index is 6.21. The summed E-state index contributed by atoms with van der Waals surface area (Å²) in [4.78, 5) is 3.78. The number of hydrogen-bond donors (Lipinski definition) is 0. The first-order valence-electron chi connectivity index (χ1n) is 8.14. The Morgan fingerprint density at radius 3 is 2.27 bits per heavy atom. The van der Waals surface area contributed by atoms with Crippen LogP contribution in [0.25, 0.3) is 0 Å². The smallest absolute Gasteiger partial charge is 0.403 e. The van der Waals surface area contributed by atoms with Crippen molar-refractivity contribution in [2.24, 2.45) is 0 Å². The van der Waals surface area contributed by atoms with Gasteiger partial charge in [0.05, 0.1) is 21.8 Å². The predicted molar refractivity (Wildman–Crippen MR) is 89.0 cm³/mol. The molecule has 22 heavy (non-hydrogen) atoms. The van der Waals surface area contributed by atoms with Crippen LogP contribution in [0.15, 0.2) is 0 Å². The SMILES string of the molecule is Cc1nnsc1CN1CCC(B2OC(C)(C)C(C)(C)O2)CC1. The molecule has 1 aromatic heterocycles. The molecule has 0 atom stereocenters. The third-order valence-corrected chi connectivity index (χ3v) is 6.21. The van der Waals surface area contributed by atoms with Crippen LogP contribution in [0.5, 0.6) is 0 Å². The van der Waals surface area contributed by atoms with Crippen LogP contribution in [0, 0.1) is 6.92 Å². The summed E-state index contributed by atoms with van der Waals surface area (Å²) in [6.45, 7) is 13.7. The molecule has 0 N–H and O–H groups in total. The van der Waals surface area contributed by atoms with Gasteiger partial charge in [-0.15, -0.1) is 5.10 Å². The van der Waals surface area contributed by atoms with Gasteiger partial charge in [-0.1, -0.05) is 4.49 Å². The summed E-state index contributed by atoms with van der Waals surface area (Å²) >= 11 is 1.52. The second-order valence-corrected chi connectivity index (χ2v) is 8.36. The Morgan fingerprint density at radius 2 is 1.77 bits per heavy atom. The molecule has 0 unspecified atom stereocenters. The molecule has 7 heteroatoms. The normalized spacial score (nSPS) is 25.8. The Kier molecular flexibility index (Phi) is 4.35. The summed E-state index contributed by atoms with van der Waals surface area (Å²) in [7, 11) is -0.0565. The van der Waals surface area contributed by atoms with Crippen LogP contribution in [-0.4, -0.2) is 45.9 Å². The Labute approximate surface area is 137 Å². The zero-order valence-corrected chi connectivity index (χ0v) is 15.1. The largest absolute Gasteiger partial charge is 0.461 e. The van der Waals surface area contributed by atoms with Crippen molar-refractivity contribution in [1.29, 1.82) is 0 Å². The lowest BCUT2D eigenvalue weighted by Crippen LogP contribution is -2.41. The summed E-state index contributed by atoms with van der Waals surface area (Å²) in [5.74, 6) is 0.498. The molecule has 2 aliphatic rings. The molecule has 0 amide bonds. The molecule has 0 bridgehead atoms. The van der Waals surface area contributed by atoms with Crippen molar-refractivity contribution in [2.75, 3.05) is 13.1 Å². The van der Waals surface area contributed by atoms with E-state index in [4.69, 9.17) is 9.31 Å². The lowest BCUT2D eigenvalue weighted by atomic mass is 9.67. The van der Waals surface area contributed by atoms with E-state index in [1.165, 1.54) is 16.4 Å². The quantitative estimate of drug-likeness (QED) is 0.801. The Morgan fingerprint density at radius 1 is 1.18 bits per heavy atom. The lowest BCUT2D eigenvalue weighted by molar-refractivity contribution is 0.00578. The zero-order valence-electron chi connectivity index (χ0n) is 14.3. The van der Waals surface area contributed by atoms with E-state index in [1.807, 2.05) is 6.92 Å². The van der Waals surface area contributed by atoms with Crippen molar-refractivity contribution in [2.45, 2.75) is 71.0 Å². The van der Waals surface area contributed by atoms with Crippen molar-refractivity contribution in [3.05, 3.63) is 10.6 Å². The number of likely N-dealkylation sites (tertiary alicyclic amines) is 1. The van der Waals surface area contributed by atoms with Crippen LogP contribution in [0.1, 0.15) is 51.1 Å². The molecule has 0 radical (unpaired) electrons. The van der Waals surface area contributed by atoms with Crippen molar-refractivity contribution in [1.82, 2.24) is 14.5 Å². The Balaban J connectivity index is 1.53. The van der Waals surface area contributed by atoms with Gasteiger partial charge < -0.3 is 9.31 Å². The van der Waals surface area contributed by atoms with E-state index in [1.54, 1.807) is 0 Å². The molecule has 2 saturated heterocycles. The molecule has 3 heterocycles. The number of nitrogens with zero attached hydrogens (tertiary/aromatic N) is 3. The number of piperidine rings is 1. The molecule has 5 nitrogen and oxygen atoms in total. The third kappa shape index (κ3) is 3.09. The highest BCUT2D eigenvalue weighted by molar-refractivity contribution is 7.05. The number of hydrogen-bond acceptors (Lipinski definition) is 6. The fourth-order valence-corrected chi connectivity index (χ4v) is 3.74. The highest BCUT2D eigenvalue weighted by Gasteiger charge is 2.53. The molecular formula is C15H26BN3O2S. The molecule has 0 aliphatic carbocycles. The molecular weight excluding hydrogens is 297 g/mol. The minimum absolute atomic E-state index is 0.0565. The van der Waals surface area contributed by atoms with Crippen LogP contribution < -0.4 is 0 Å². The minimum atomic E-state index is -0.222.